The molecule has 0 saturated heterocycles. The Hall–Kier alpha value is -0.560. The topological polar surface area (TPSA) is 35.8 Å². The molecule has 0 radical (unpaired) electrons. The van der Waals surface area contributed by atoms with Gasteiger partial charge < -0.3 is 5.32 Å². The number of hydrogen-bond donors (Lipinski definition) is 1. The molecular formula is C10H13ClN2S. The first-order valence-corrected chi connectivity index (χ1v) is 5.39. The van der Waals surface area contributed by atoms with Crippen molar-refractivity contribution in [1.29, 1.82) is 5.26 Å². The molecule has 0 amide bonds. The van der Waals surface area contributed by atoms with Crippen molar-refractivity contribution in [3.63, 3.8) is 0 Å². The van der Waals surface area contributed by atoms with Crippen LogP contribution in [0, 0.1) is 11.3 Å². The van der Waals surface area contributed by atoms with E-state index in [4.69, 9.17) is 5.26 Å². The third-order valence-corrected chi connectivity index (χ3v) is 3.77. The highest BCUT2D eigenvalue weighted by Crippen LogP contribution is 2.29. The number of thiophene rings is 1. The Morgan fingerprint density at radius 3 is 3.07 bits per heavy atom. The molecule has 14 heavy (non-hydrogen) atoms. The second kappa shape index (κ2) is 4.79. The van der Waals surface area contributed by atoms with Gasteiger partial charge in [0, 0.05) is 16.3 Å². The lowest BCUT2D eigenvalue weighted by molar-refractivity contribution is 0.500. The first-order chi connectivity index (χ1) is 6.35. The summed E-state index contributed by atoms with van der Waals surface area (Å²) in [6.07, 6.45) is 3.36. The molecule has 1 heterocycles. The molecule has 0 saturated carbocycles. The molecule has 0 spiro atoms. The lowest BCUT2D eigenvalue weighted by Gasteiger charge is -2.21. The van der Waals surface area contributed by atoms with Gasteiger partial charge in [0.2, 0.25) is 0 Å². The maximum atomic E-state index is 8.88. The number of aryl methyl sites for hydroxylation is 1. The summed E-state index contributed by atoms with van der Waals surface area (Å²) in [5.41, 5.74) is 2.18. The van der Waals surface area contributed by atoms with Gasteiger partial charge in [-0.05, 0) is 31.9 Å². The summed E-state index contributed by atoms with van der Waals surface area (Å²) in [7, 11) is 1.99. The molecule has 4 heteroatoms. The second-order valence-electron chi connectivity index (χ2n) is 3.39. The predicted octanol–water partition coefficient (Wildman–Crippen LogP) is 2.12. The molecule has 2 rings (SSSR count). The zero-order valence-corrected chi connectivity index (χ0v) is 9.67. The quantitative estimate of drug-likeness (QED) is 0.800. The van der Waals surface area contributed by atoms with Gasteiger partial charge in [0.1, 0.15) is 6.07 Å². The minimum absolute atomic E-state index is 0. The Labute approximate surface area is 94.4 Å². The van der Waals surface area contributed by atoms with Gasteiger partial charge in [0.15, 0.2) is 0 Å². The zero-order valence-electron chi connectivity index (χ0n) is 8.04. The van der Waals surface area contributed by atoms with Crippen molar-refractivity contribution in [2.75, 3.05) is 7.05 Å². The number of nitriles is 1. The van der Waals surface area contributed by atoms with E-state index in [2.05, 4.69) is 11.4 Å². The lowest BCUT2D eigenvalue weighted by atomic mass is 9.92. The monoisotopic (exact) mass is 228 g/mol. The van der Waals surface area contributed by atoms with Gasteiger partial charge in [-0.15, -0.1) is 23.7 Å². The van der Waals surface area contributed by atoms with Crippen molar-refractivity contribution in [3.05, 3.63) is 21.4 Å². The fourth-order valence-corrected chi connectivity index (χ4v) is 2.88. The first-order valence-electron chi connectivity index (χ1n) is 4.51. The van der Waals surface area contributed by atoms with Crippen LogP contribution in [0.1, 0.15) is 22.4 Å². The number of nitrogens with zero attached hydrogens (tertiary/aromatic N) is 1. The highest BCUT2D eigenvalue weighted by molar-refractivity contribution is 7.10. The Balaban J connectivity index is 0.000000980. The van der Waals surface area contributed by atoms with Crippen LogP contribution >= 0.6 is 23.7 Å². The lowest BCUT2D eigenvalue weighted by Crippen LogP contribution is -2.31. The largest absolute Gasteiger partial charge is 0.317 e. The predicted molar refractivity (Wildman–Crippen MR) is 61.2 cm³/mol. The molecule has 76 valence electrons. The van der Waals surface area contributed by atoms with Crippen molar-refractivity contribution in [3.8, 4) is 6.07 Å². The van der Waals surface area contributed by atoms with Crippen molar-refractivity contribution in [2.24, 2.45) is 0 Å². The molecule has 2 nitrogen and oxygen atoms in total. The van der Waals surface area contributed by atoms with Crippen molar-refractivity contribution < 1.29 is 0 Å². The Bertz CT molecular complexity index is 353. The average molecular weight is 229 g/mol. The second-order valence-corrected chi connectivity index (χ2v) is 4.36. The fourth-order valence-electron chi connectivity index (χ4n) is 1.85. The summed E-state index contributed by atoms with van der Waals surface area (Å²) < 4.78 is 0. The highest BCUT2D eigenvalue weighted by atomic mass is 35.5. The molecule has 0 aliphatic heterocycles. The van der Waals surface area contributed by atoms with E-state index >= 15 is 0 Å². The van der Waals surface area contributed by atoms with Crippen molar-refractivity contribution in [1.82, 2.24) is 5.32 Å². The molecule has 0 fully saturated rings. The van der Waals surface area contributed by atoms with Crippen LogP contribution in [0.15, 0.2) is 5.38 Å². The van der Waals surface area contributed by atoms with E-state index in [1.54, 1.807) is 11.3 Å². The molecule has 1 aliphatic rings. The number of halogens is 1. The van der Waals surface area contributed by atoms with Gasteiger partial charge in [0.25, 0.3) is 0 Å². The van der Waals surface area contributed by atoms with E-state index in [1.165, 1.54) is 16.9 Å². The van der Waals surface area contributed by atoms with Crippen molar-refractivity contribution >= 4 is 23.7 Å². The number of rotatable bonds is 1. The molecule has 1 aromatic heterocycles. The van der Waals surface area contributed by atoms with Gasteiger partial charge in [0.05, 0.1) is 5.56 Å². The van der Waals surface area contributed by atoms with E-state index < -0.39 is 0 Å². The number of nitrogens with one attached hydrogen (secondary N) is 1. The van der Waals surface area contributed by atoms with Crippen LogP contribution in [0.2, 0.25) is 0 Å². The van der Waals surface area contributed by atoms with Crippen LogP contribution in [-0.4, -0.2) is 13.1 Å². The molecule has 1 N–H and O–H groups in total. The molecule has 1 atom stereocenters. The summed E-state index contributed by atoms with van der Waals surface area (Å²) in [6, 6.07) is 2.83. The molecule has 1 aliphatic carbocycles. The first kappa shape index (κ1) is 11.5. The van der Waals surface area contributed by atoms with Crippen LogP contribution in [0.3, 0.4) is 0 Å². The number of hydrogen-bond acceptors (Lipinski definition) is 3. The van der Waals surface area contributed by atoms with Gasteiger partial charge in [-0.1, -0.05) is 0 Å². The molecule has 1 unspecified atom stereocenters. The van der Waals surface area contributed by atoms with Crippen LogP contribution in [0.25, 0.3) is 0 Å². The van der Waals surface area contributed by atoms with Gasteiger partial charge in [-0.25, -0.2) is 0 Å². The van der Waals surface area contributed by atoms with E-state index in [9.17, 15) is 0 Å². The average Bonchev–Trinajstić information content (AvgIpc) is 2.59. The number of fused-ring (bicyclic) bond motifs is 1. The maximum absolute atomic E-state index is 8.88. The van der Waals surface area contributed by atoms with Crippen LogP contribution in [0.5, 0.6) is 0 Å². The normalized spacial score (nSPS) is 19.3. The number of likely N-dealkylation sites (N-methyl/N-ethyl adjacent to an activating group) is 1. The van der Waals surface area contributed by atoms with E-state index in [1.807, 2.05) is 12.4 Å². The van der Waals surface area contributed by atoms with Crippen LogP contribution in [-0.2, 0) is 12.8 Å². The van der Waals surface area contributed by atoms with Crippen molar-refractivity contribution in [2.45, 2.75) is 25.3 Å². The molecule has 1 aromatic rings. The third-order valence-electron chi connectivity index (χ3n) is 2.68. The molecule has 0 bridgehead atoms. The minimum atomic E-state index is 0. The smallest absolute Gasteiger partial charge is 0.100 e. The Kier molecular flexibility index (Phi) is 3.94. The summed E-state index contributed by atoms with van der Waals surface area (Å²) in [6.45, 7) is 0. The van der Waals surface area contributed by atoms with E-state index in [-0.39, 0.29) is 12.4 Å². The van der Waals surface area contributed by atoms with Gasteiger partial charge in [-0.3, -0.25) is 0 Å². The Morgan fingerprint density at radius 2 is 2.43 bits per heavy atom. The summed E-state index contributed by atoms with van der Waals surface area (Å²) in [5, 5.41) is 14.1. The van der Waals surface area contributed by atoms with Gasteiger partial charge >= 0.3 is 0 Å². The standard InChI is InChI=1S/C10H12N2S.ClH/c1-12-8-2-3-10-9(4-8)7(5-11)6-13-10;/h6,8,12H,2-4H2,1H3;1H. The van der Waals surface area contributed by atoms with E-state index in [0.717, 1.165) is 18.4 Å². The van der Waals surface area contributed by atoms with Crippen LogP contribution in [0.4, 0.5) is 0 Å². The maximum Gasteiger partial charge on any atom is 0.100 e. The van der Waals surface area contributed by atoms with Crippen LogP contribution < -0.4 is 5.32 Å². The van der Waals surface area contributed by atoms with Gasteiger partial charge in [-0.2, -0.15) is 5.26 Å². The summed E-state index contributed by atoms with van der Waals surface area (Å²) in [4.78, 5) is 1.42. The summed E-state index contributed by atoms with van der Waals surface area (Å²) >= 11 is 1.74. The summed E-state index contributed by atoms with van der Waals surface area (Å²) in [5.74, 6) is 0. The highest BCUT2D eigenvalue weighted by Gasteiger charge is 2.21. The third kappa shape index (κ3) is 1.93. The SMILES string of the molecule is CNC1CCc2scc(C#N)c2C1.Cl. The minimum Gasteiger partial charge on any atom is -0.317 e. The van der Waals surface area contributed by atoms with E-state index in [0.29, 0.717) is 6.04 Å². The zero-order chi connectivity index (χ0) is 9.26. The fraction of sp³-hybridized carbons (Fsp3) is 0.500. The molecular weight excluding hydrogens is 216 g/mol. The Morgan fingerprint density at radius 1 is 1.64 bits per heavy atom. The molecule has 0 aromatic carbocycles.